The topological polar surface area (TPSA) is 40.6 Å². The lowest BCUT2D eigenvalue weighted by Gasteiger charge is -2.34. The Bertz CT molecular complexity index is 932. The number of aryl methyl sites for hydroxylation is 2. The van der Waals surface area contributed by atoms with E-state index in [1.54, 1.807) is 4.31 Å². The smallest absolute Gasteiger partial charge is 0.243 e. The monoisotopic (exact) mass is 398 g/mol. The van der Waals surface area contributed by atoms with Gasteiger partial charge in [-0.15, -0.1) is 0 Å². The first-order valence-electron chi connectivity index (χ1n) is 9.82. The Kier molecular flexibility index (Phi) is 6.38. The second kappa shape index (κ2) is 8.60. The van der Waals surface area contributed by atoms with Crippen molar-refractivity contribution in [2.75, 3.05) is 32.7 Å². The molecule has 0 amide bonds. The Morgan fingerprint density at radius 1 is 0.893 bits per heavy atom. The maximum atomic E-state index is 13.3. The number of hydrogen-bond acceptors (Lipinski definition) is 3. The van der Waals surface area contributed by atoms with Gasteiger partial charge in [0, 0.05) is 32.7 Å². The minimum Gasteiger partial charge on any atom is -0.297 e. The molecule has 150 valence electrons. The number of nitrogens with zero attached hydrogens (tertiary/aromatic N) is 2. The predicted octanol–water partition coefficient (Wildman–Crippen LogP) is 3.94. The number of rotatable bonds is 5. The van der Waals surface area contributed by atoms with Crippen LogP contribution >= 0.6 is 0 Å². The Labute approximate surface area is 169 Å². The van der Waals surface area contributed by atoms with Crippen molar-refractivity contribution in [1.29, 1.82) is 0 Å². The van der Waals surface area contributed by atoms with E-state index < -0.39 is 10.0 Å². The summed E-state index contributed by atoms with van der Waals surface area (Å²) in [6.45, 7) is 11.2. The van der Waals surface area contributed by atoms with Crippen LogP contribution in [0.15, 0.2) is 47.4 Å². The molecule has 2 aromatic rings. The third-order valence-corrected chi connectivity index (χ3v) is 7.87. The van der Waals surface area contributed by atoms with Gasteiger partial charge in [0.2, 0.25) is 10.0 Å². The summed E-state index contributed by atoms with van der Waals surface area (Å²) in [5.41, 5.74) is 5.00. The van der Waals surface area contributed by atoms with E-state index in [1.807, 2.05) is 45.9 Å². The molecule has 1 saturated heterocycles. The molecule has 2 aromatic carbocycles. The molecule has 0 aliphatic carbocycles. The molecule has 1 heterocycles. The number of sulfonamides is 1. The van der Waals surface area contributed by atoms with Crippen LogP contribution in [0.1, 0.15) is 27.8 Å². The summed E-state index contributed by atoms with van der Waals surface area (Å²) in [7, 11) is -3.47. The fourth-order valence-electron chi connectivity index (χ4n) is 3.75. The summed E-state index contributed by atoms with van der Waals surface area (Å²) in [5, 5.41) is 0. The lowest BCUT2D eigenvalue weighted by atomic mass is 10.0. The van der Waals surface area contributed by atoms with Crippen LogP contribution in [-0.4, -0.2) is 50.3 Å². The molecular formula is C23H30N2O2S. The lowest BCUT2D eigenvalue weighted by molar-refractivity contribution is 0.204. The largest absolute Gasteiger partial charge is 0.297 e. The number of benzene rings is 2. The molecule has 1 fully saturated rings. The van der Waals surface area contributed by atoms with Crippen LogP contribution in [0, 0.1) is 27.7 Å². The first-order chi connectivity index (χ1) is 13.3. The van der Waals surface area contributed by atoms with Crippen molar-refractivity contribution in [2.24, 2.45) is 0 Å². The van der Waals surface area contributed by atoms with Gasteiger partial charge in [-0.05, 0) is 55.5 Å². The normalized spacial score (nSPS) is 16.7. The lowest BCUT2D eigenvalue weighted by Crippen LogP contribution is -2.48. The van der Waals surface area contributed by atoms with Crippen LogP contribution in [0.5, 0.6) is 0 Å². The van der Waals surface area contributed by atoms with Crippen LogP contribution in [0.25, 0.3) is 6.08 Å². The fraction of sp³-hybridized carbons (Fsp3) is 0.391. The highest BCUT2D eigenvalue weighted by Gasteiger charge is 2.31. The highest BCUT2D eigenvalue weighted by molar-refractivity contribution is 7.89. The van der Waals surface area contributed by atoms with Crippen molar-refractivity contribution in [3.63, 3.8) is 0 Å². The van der Waals surface area contributed by atoms with Gasteiger partial charge in [0.1, 0.15) is 0 Å². The Balaban J connectivity index is 1.67. The van der Waals surface area contributed by atoms with Gasteiger partial charge in [0.05, 0.1) is 4.90 Å². The molecule has 0 unspecified atom stereocenters. The summed E-state index contributed by atoms with van der Waals surface area (Å²) >= 11 is 0. The van der Waals surface area contributed by atoms with Crippen molar-refractivity contribution in [2.45, 2.75) is 32.6 Å². The minimum atomic E-state index is -3.47. The van der Waals surface area contributed by atoms with E-state index >= 15 is 0 Å². The molecule has 0 aromatic heterocycles. The predicted molar refractivity (Wildman–Crippen MR) is 116 cm³/mol. The van der Waals surface area contributed by atoms with Crippen molar-refractivity contribution >= 4 is 16.1 Å². The third-order valence-electron chi connectivity index (χ3n) is 5.70. The van der Waals surface area contributed by atoms with Crippen LogP contribution < -0.4 is 0 Å². The highest BCUT2D eigenvalue weighted by atomic mass is 32.2. The zero-order valence-electron chi connectivity index (χ0n) is 17.3. The van der Waals surface area contributed by atoms with Gasteiger partial charge >= 0.3 is 0 Å². The average Bonchev–Trinajstić information content (AvgIpc) is 2.68. The second-order valence-corrected chi connectivity index (χ2v) is 9.48. The zero-order valence-corrected chi connectivity index (χ0v) is 18.1. The van der Waals surface area contributed by atoms with Gasteiger partial charge in [-0.1, -0.05) is 48.6 Å². The molecule has 1 aliphatic heterocycles. The number of piperazine rings is 1. The minimum absolute atomic E-state index is 0.502. The molecule has 0 N–H and O–H groups in total. The van der Waals surface area contributed by atoms with Gasteiger partial charge in [-0.3, -0.25) is 4.90 Å². The SMILES string of the molecule is Cc1cc(C)c(C)c(S(=O)(=O)N2CCN(CC=Cc3ccccc3)CC2)c1C. The van der Waals surface area contributed by atoms with E-state index in [4.69, 9.17) is 0 Å². The van der Waals surface area contributed by atoms with Crippen LogP contribution in [0.4, 0.5) is 0 Å². The number of hydrogen-bond donors (Lipinski definition) is 0. The molecule has 4 nitrogen and oxygen atoms in total. The molecular weight excluding hydrogens is 368 g/mol. The van der Waals surface area contributed by atoms with Crippen molar-refractivity contribution in [3.8, 4) is 0 Å². The maximum absolute atomic E-state index is 13.3. The molecule has 5 heteroatoms. The van der Waals surface area contributed by atoms with E-state index in [0.717, 1.165) is 41.9 Å². The molecule has 1 aliphatic rings. The van der Waals surface area contributed by atoms with Crippen molar-refractivity contribution in [1.82, 2.24) is 9.21 Å². The summed E-state index contributed by atoms with van der Waals surface area (Å²) < 4.78 is 28.3. The van der Waals surface area contributed by atoms with Crippen LogP contribution in [0.3, 0.4) is 0 Å². The van der Waals surface area contributed by atoms with Gasteiger partial charge in [-0.25, -0.2) is 8.42 Å². The Morgan fingerprint density at radius 3 is 2.04 bits per heavy atom. The molecule has 0 spiro atoms. The van der Waals surface area contributed by atoms with Gasteiger partial charge in [0.25, 0.3) is 0 Å². The van der Waals surface area contributed by atoms with Crippen molar-refractivity contribution in [3.05, 3.63) is 70.3 Å². The highest BCUT2D eigenvalue weighted by Crippen LogP contribution is 2.29. The van der Waals surface area contributed by atoms with Gasteiger partial charge in [0.15, 0.2) is 0 Å². The summed E-state index contributed by atoms with van der Waals surface area (Å²) in [4.78, 5) is 2.80. The molecule has 0 radical (unpaired) electrons. The summed E-state index contributed by atoms with van der Waals surface area (Å²) in [6.07, 6.45) is 4.27. The summed E-state index contributed by atoms with van der Waals surface area (Å²) in [6, 6.07) is 12.3. The van der Waals surface area contributed by atoms with Gasteiger partial charge < -0.3 is 0 Å². The molecule has 0 bridgehead atoms. The Hall–Kier alpha value is -1.95. The summed E-state index contributed by atoms with van der Waals surface area (Å²) in [5.74, 6) is 0. The standard InChI is InChI=1S/C23H30N2O2S/c1-18-17-19(2)21(4)23(20(18)3)28(26,27)25-15-13-24(14-16-25)12-8-11-22-9-6-5-7-10-22/h5-11,17H,12-16H2,1-4H3. The van der Waals surface area contributed by atoms with Gasteiger partial charge in [-0.2, -0.15) is 4.31 Å². The fourth-order valence-corrected chi connectivity index (χ4v) is 5.75. The quantitative estimate of drug-likeness (QED) is 0.766. The van der Waals surface area contributed by atoms with Crippen molar-refractivity contribution < 1.29 is 8.42 Å². The van der Waals surface area contributed by atoms with Crippen LogP contribution in [0.2, 0.25) is 0 Å². The molecule has 3 rings (SSSR count). The van der Waals surface area contributed by atoms with E-state index in [0.29, 0.717) is 18.0 Å². The first kappa shape index (κ1) is 20.8. The zero-order chi connectivity index (χ0) is 20.3. The van der Waals surface area contributed by atoms with Crippen LogP contribution in [-0.2, 0) is 10.0 Å². The third kappa shape index (κ3) is 4.37. The van der Waals surface area contributed by atoms with E-state index in [1.165, 1.54) is 5.56 Å². The first-order valence-corrected chi connectivity index (χ1v) is 11.3. The van der Waals surface area contributed by atoms with E-state index in [2.05, 4.69) is 35.3 Å². The van der Waals surface area contributed by atoms with E-state index in [9.17, 15) is 8.42 Å². The molecule has 28 heavy (non-hydrogen) atoms. The molecule has 0 saturated carbocycles. The average molecular weight is 399 g/mol. The molecule has 0 atom stereocenters. The van der Waals surface area contributed by atoms with E-state index in [-0.39, 0.29) is 0 Å². The Morgan fingerprint density at radius 2 is 1.46 bits per heavy atom. The second-order valence-electron chi connectivity index (χ2n) is 7.61. The maximum Gasteiger partial charge on any atom is 0.243 e.